The van der Waals surface area contributed by atoms with E-state index in [9.17, 15) is 13.2 Å². The van der Waals surface area contributed by atoms with Crippen LogP contribution in [0.1, 0.15) is 13.8 Å². The van der Waals surface area contributed by atoms with E-state index in [-0.39, 0.29) is 6.61 Å². The highest BCUT2D eigenvalue weighted by Crippen LogP contribution is 2.34. The van der Waals surface area contributed by atoms with Gasteiger partial charge in [0.1, 0.15) is 5.25 Å². The minimum atomic E-state index is -4.30. The molecule has 0 rings (SSSR count). The Morgan fingerprint density at radius 1 is 1.38 bits per heavy atom. The first kappa shape index (κ1) is 13.1. The molecular weight excluding hydrogens is 203 g/mol. The van der Waals surface area contributed by atoms with E-state index >= 15 is 0 Å². The molecule has 3 unspecified atom stereocenters. The molecular formula is C7H14F3NOS. The van der Waals surface area contributed by atoms with E-state index in [4.69, 9.17) is 10.8 Å². The van der Waals surface area contributed by atoms with Crippen molar-refractivity contribution in [3.63, 3.8) is 0 Å². The van der Waals surface area contributed by atoms with Crippen molar-refractivity contribution in [3.8, 4) is 0 Å². The molecule has 0 bridgehead atoms. The quantitative estimate of drug-likeness (QED) is 0.747. The van der Waals surface area contributed by atoms with Gasteiger partial charge in [-0.15, -0.1) is 11.8 Å². The van der Waals surface area contributed by atoms with Gasteiger partial charge >= 0.3 is 6.18 Å². The van der Waals surface area contributed by atoms with Gasteiger partial charge in [0.15, 0.2) is 0 Å². The van der Waals surface area contributed by atoms with Crippen LogP contribution in [0.4, 0.5) is 13.2 Å². The first-order valence-electron chi connectivity index (χ1n) is 3.87. The van der Waals surface area contributed by atoms with E-state index < -0.39 is 22.7 Å². The summed E-state index contributed by atoms with van der Waals surface area (Å²) in [5.41, 5.74) is 5.20. The fraction of sp³-hybridized carbons (Fsp3) is 1.00. The molecule has 0 aromatic carbocycles. The summed E-state index contributed by atoms with van der Waals surface area (Å²) >= 11 is 0.660. The van der Waals surface area contributed by atoms with Crippen LogP contribution in [0.15, 0.2) is 0 Å². The predicted octanol–water partition coefficient (Wildman–Crippen LogP) is 1.38. The third-order valence-corrected chi connectivity index (χ3v) is 3.04. The van der Waals surface area contributed by atoms with Crippen molar-refractivity contribution < 1.29 is 18.3 Å². The Morgan fingerprint density at radius 2 is 1.85 bits per heavy atom. The molecule has 0 fully saturated rings. The van der Waals surface area contributed by atoms with Crippen molar-refractivity contribution in [3.05, 3.63) is 0 Å². The highest BCUT2D eigenvalue weighted by atomic mass is 32.2. The second-order valence-corrected chi connectivity index (χ2v) is 4.54. The van der Waals surface area contributed by atoms with Crippen molar-refractivity contribution >= 4 is 11.8 Å². The monoisotopic (exact) mass is 217 g/mol. The van der Waals surface area contributed by atoms with Gasteiger partial charge in [0.2, 0.25) is 0 Å². The van der Waals surface area contributed by atoms with Crippen LogP contribution in [-0.4, -0.2) is 34.4 Å². The van der Waals surface area contributed by atoms with E-state index in [1.165, 1.54) is 13.8 Å². The van der Waals surface area contributed by atoms with E-state index in [2.05, 4.69) is 0 Å². The predicted molar refractivity (Wildman–Crippen MR) is 47.6 cm³/mol. The van der Waals surface area contributed by atoms with Gasteiger partial charge in [-0.3, -0.25) is 0 Å². The van der Waals surface area contributed by atoms with Crippen molar-refractivity contribution in [1.29, 1.82) is 0 Å². The van der Waals surface area contributed by atoms with Gasteiger partial charge in [-0.1, -0.05) is 6.92 Å². The van der Waals surface area contributed by atoms with Gasteiger partial charge in [-0.05, 0) is 6.92 Å². The van der Waals surface area contributed by atoms with Crippen LogP contribution in [0.2, 0.25) is 0 Å². The maximum atomic E-state index is 12.3. The zero-order chi connectivity index (χ0) is 10.6. The minimum absolute atomic E-state index is 0.274. The summed E-state index contributed by atoms with van der Waals surface area (Å²) in [5.74, 6) is 0. The van der Waals surface area contributed by atoms with Crippen LogP contribution in [0.5, 0.6) is 0 Å². The normalized spacial score (nSPS) is 19.6. The molecule has 0 amide bonds. The number of aliphatic hydroxyl groups is 1. The fourth-order valence-corrected chi connectivity index (χ4v) is 1.78. The average molecular weight is 217 g/mol. The summed E-state index contributed by atoms with van der Waals surface area (Å²) in [4.78, 5) is 0. The molecule has 0 saturated heterocycles. The van der Waals surface area contributed by atoms with Crippen LogP contribution in [0.25, 0.3) is 0 Å². The van der Waals surface area contributed by atoms with Gasteiger partial charge < -0.3 is 10.8 Å². The summed E-state index contributed by atoms with van der Waals surface area (Å²) in [7, 11) is 0. The number of nitrogens with two attached hydrogens (primary N) is 1. The number of rotatable bonds is 4. The summed E-state index contributed by atoms with van der Waals surface area (Å²) in [6, 6.07) is -0.959. The molecule has 0 aromatic rings. The van der Waals surface area contributed by atoms with Crippen LogP contribution in [-0.2, 0) is 0 Å². The molecule has 13 heavy (non-hydrogen) atoms. The van der Waals surface area contributed by atoms with Crippen LogP contribution >= 0.6 is 11.8 Å². The lowest BCUT2D eigenvalue weighted by molar-refractivity contribution is -0.131. The van der Waals surface area contributed by atoms with Crippen LogP contribution in [0.3, 0.4) is 0 Å². The minimum Gasteiger partial charge on any atom is -0.395 e. The van der Waals surface area contributed by atoms with Crippen molar-refractivity contribution in [2.75, 3.05) is 6.61 Å². The smallest absolute Gasteiger partial charge is 0.395 e. The fourth-order valence-electron chi connectivity index (χ4n) is 0.792. The Morgan fingerprint density at radius 3 is 2.08 bits per heavy atom. The highest BCUT2D eigenvalue weighted by Gasteiger charge is 2.43. The van der Waals surface area contributed by atoms with E-state index in [1.807, 2.05) is 0 Å². The Hall–Kier alpha value is 0.0600. The van der Waals surface area contributed by atoms with Crippen molar-refractivity contribution in [2.24, 2.45) is 5.73 Å². The molecule has 0 aliphatic carbocycles. The lowest BCUT2D eigenvalue weighted by Gasteiger charge is -2.25. The highest BCUT2D eigenvalue weighted by molar-refractivity contribution is 8.00. The molecule has 2 nitrogen and oxygen atoms in total. The second kappa shape index (κ2) is 5.07. The average Bonchev–Trinajstić information content (AvgIpc) is 1.96. The Balaban J connectivity index is 4.28. The lowest BCUT2D eigenvalue weighted by Crippen LogP contribution is -2.42. The zero-order valence-electron chi connectivity index (χ0n) is 7.51. The summed E-state index contributed by atoms with van der Waals surface area (Å²) in [6.45, 7) is 2.57. The molecule has 0 saturated carbocycles. The summed E-state index contributed by atoms with van der Waals surface area (Å²) in [6.07, 6.45) is -4.30. The first-order chi connectivity index (χ1) is 5.79. The Kier molecular flexibility index (Phi) is 5.09. The number of thioether (sulfide) groups is 1. The Labute approximate surface area is 79.7 Å². The van der Waals surface area contributed by atoms with Gasteiger partial charge in [0.05, 0.1) is 6.61 Å². The van der Waals surface area contributed by atoms with Gasteiger partial charge in [-0.25, -0.2) is 0 Å². The van der Waals surface area contributed by atoms with Crippen LogP contribution in [0, 0.1) is 0 Å². The third-order valence-electron chi connectivity index (χ3n) is 1.44. The molecule has 3 N–H and O–H groups in total. The SMILES string of the molecule is CC(CO)SC(C(C)N)C(F)(F)F. The van der Waals surface area contributed by atoms with E-state index in [1.54, 1.807) is 0 Å². The van der Waals surface area contributed by atoms with Crippen LogP contribution < -0.4 is 5.73 Å². The van der Waals surface area contributed by atoms with E-state index in [0.29, 0.717) is 11.8 Å². The van der Waals surface area contributed by atoms with Crippen molar-refractivity contribution in [2.45, 2.75) is 36.6 Å². The molecule has 0 heterocycles. The molecule has 0 aliphatic heterocycles. The van der Waals surface area contributed by atoms with Gasteiger partial charge in [0.25, 0.3) is 0 Å². The third kappa shape index (κ3) is 4.73. The first-order valence-corrected chi connectivity index (χ1v) is 4.82. The number of hydrogen-bond acceptors (Lipinski definition) is 3. The van der Waals surface area contributed by atoms with Crippen molar-refractivity contribution in [1.82, 2.24) is 0 Å². The Bertz CT molecular complexity index is 151. The molecule has 0 aromatic heterocycles. The number of alkyl halides is 3. The standard InChI is InChI=1S/C7H14F3NOS/c1-4(3-12)13-6(5(2)11)7(8,9)10/h4-6,12H,3,11H2,1-2H3. The largest absolute Gasteiger partial charge is 0.402 e. The molecule has 0 radical (unpaired) electrons. The number of aliphatic hydroxyl groups excluding tert-OH is 1. The molecule has 80 valence electrons. The summed E-state index contributed by atoms with van der Waals surface area (Å²) < 4.78 is 36.9. The van der Waals surface area contributed by atoms with E-state index in [0.717, 1.165) is 0 Å². The zero-order valence-corrected chi connectivity index (χ0v) is 8.32. The van der Waals surface area contributed by atoms with Gasteiger partial charge in [0, 0.05) is 11.3 Å². The topological polar surface area (TPSA) is 46.2 Å². The number of hydrogen-bond donors (Lipinski definition) is 2. The maximum Gasteiger partial charge on any atom is 0.402 e. The molecule has 3 atom stereocenters. The molecule has 6 heteroatoms. The number of halogens is 3. The summed E-state index contributed by atoms with van der Waals surface area (Å²) in [5, 5.41) is 6.55. The maximum absolute atomic E-state index is 12.3. The molecule has 0 aliphatic rings. The second-order valence-electron chi connectivity index (χ2n) is 2.95. The lowest BCUT2D eigenvalue weighted by atomic mass is 10.2. The van der Waals surface area contributed by atoms with Gasteiger partial charge in [-0.2, -0.15) is 13.2 Å². The molecule has 0 spiro atoms.